The zero-order chi connectivity index (χ0) is 28.0. The third kappa shape index (κ3) is 9.49. The van der Waals surface area contributed by atoms with Gasteiger partial charge in [-0.1, -0.05) is 24.3 Å². The summed E-state index contributed by atoms with van der Waals surface area (Å²) in [7, 11) is 0. The number of para-hydroxylation sites is 1. The van der Waals surface area contributed by atoms with Gasteiger partial charge >= 0.3 is 0 Å². The van der Waals surface area contributed by atoms with E-state index < -0.39 is 5.82 Å². The lowest BCUT2D eigenvalue weighted by molar-refractivity contribution is 0.0519. The monoisotopic (exact) mass is 547 g/mol. The molecule has 0 aliphatic heterocycles. The highest BCUT2D eigenvalue weighted by Gasteiger charge is 2.08. The first-order chi connectivity index (χ1) is 19.5. The molecule has 0 aliphatic carbocycles. The fraction of sp³-hybridized carbons (Fsp3) is 0.214. The maximum absolute atomic E-state index is 13.2. The molecule has 0 saturated heterocycles. The zero-order valence-electron chi connectivity index (χ0n) is 21.6. The Kier molecular flexibility index (Phi) is 10.5. The van der Waals surface area contributed by atoms with Crippen molar-refractivity contribution in [2.45, 2.75) is 0 Å². The summed E-state index contributed by atoms with van der Waals surface area (Å²) >= 11 is 0. The standard InChI is InChI=1S/C28H30FN7O4/c29-21-6-4-5-20(19-21)25(38)30-13-15-39-17-18-40-16-14-31-26-34-27(32-22-7-2-1-3-8-22)36-28(35-26)33-23-9-11-24(37)12-10-23/h1-12,19,37H,13-18H2,(H,30,38)(H3,31,32,33,34,35,36). The third-order valence-electron chi connectivity index (χ3n) is 5.31. The van der Waals surface area contributed by atoms with Crippen LogP contribution in [-0.2, 0) is 9.47 Å². The fourth-order valence-electron chi connectivity index (χ4n) is 3.42. The molecule has 12 heteroatoms. The molecule has 0 fully saturated rings. The van der Waals surface area contributed by atoms with Crippen LogP contribution in [0.25, 0.3) is 0 Å². The number of ether oxygens (including phenoxy) is 2. The van der Waals surface area contributed by atoms with E-state index in [4.69, 9.17) is 9.47 Å². The number of benzene rings is 3. The molecule has 0 unspecified atom stereocenters. The van der Waals surface area contributed by atoms with Crippen LogP contribution in [0, 0.1) is 5.82 Å². The number of halogens is 1. The molecule has 1 heterocycles. The fourth-order valence-corrected chi connectivity index (χ4v) is 3.42. The van der Waals surface area contributed by atoms with Gasteiger partial charge in [-0.05, 0) is 54.6 Å². The highest BCUT2D eigenvalue weighted by molar-refractivity contribution is 5.94. The number of aromatic hydroxyl groups is 1. The van der Waals surface area contributed by atoms with E-state index in [1.807, 2.05) is 30.3 Å². The molecule has 0 bridgehead atoms. The van der Waals surface area contributed by atoms with Gasteiger partial charge in [-0.2, -0.15) is 15.0 Å². The topological polar surface area (TPSA) is 143 Å². The van der Waals surface area contributed by atoms with Crippen molar-refractivity contribution >= 4 is 35.1 Å². The van der Waals surface area contributed by atoms with Crippen LogP contribution >= 0.6 is 0 Å². The van der Waals surface area contributed by atoms with Gasteiger partial charge in [0.25, 0.3) is 5.91 Å². The molecule has 0 radical (unpaired) electrons. The van der Waals surface area contributed by atoms with Crippen LogP contribution in [0.5, 0.6) is 5.75 Å². The van der Waals surface area contributed by atoms with E-state index >= 15 is 0 Å². The summed E-state index contributed by atoms with van der Waals surface area (Å²) in [6.07, 6.45) is 0. The molecule has 208 valence electrons. The minimum atomic E-state index is -0.457. The molecule has 0 atom stereocenters. The van der Waals surface area contributed by atoms with Gasteiger partial charge in [0.1, 0.15) is 11.6 Å². The predicted octanol–water partition coefficient (Wildman–Crippen LogP) is 4.08. The summed E-state index contributed by atoms with van der Waals surface area (Å²) in [6.45, 7) is 2.15. The number of nitrogens with zero attached hydrogens (tertiary/aromatic N) is 3. The molecular weight excluding hydrogens is 517 g/mol. The van der Waals surface area contributed by atoms with Gasteiger partial charge < -0.3 is 35.8 Å². The Bertz CT molecular complexity index is 1360. The average Bonchev–Trinajstić information content (AvgIpc) is 2.95. The molecule has 0 aliphatic rings. The van der Waals surface area contributed by atoms with Crippen molar-refractivity contribution in [3.63, 3.8) is 0 Å². The predicted molar refractivity (Wildman–Crippen MR) is 150 cm³/mol. The van der Waals surface area contributed by atoms with E-state index in [-0.39, 0.29) is 17.2 Å². The van der Waals surface area contributed by atoms with Gasteiger partial charge in [0, 0.05) is 30.0 Å². The highest BCUT2D eigenvalue weighted by atomic mass is 19.1. The number of phenols is 1. The maximum atomic E-state index is 13.2. The van der Waals surface area contributed by atoms with Crippen molar-refractivity contribution in [1.82, 2.24) is 20.3 Å². The molecule has 5 N–H and O–H groups in total. The van der Waals surface area contributed by atoms with E-state index in [1.165, 1.54) is 18.2 Å². The van der Waals surface area contributed by atoms with Crippen molar-refractivity contribution in [1.29, 1.82) is 0 Å². The minimum absolute atomic E-state index is 0.160. The number of phenolic OH excluding ortho intramolecular Hbond substituents is 1. The first-order valence-corrected chi connectivity index (χ1v) is 12.6. The van der Waals surface area contributed by atoms with Gasteiger partial charge in [0.15, 0.2) is 0 Å². The van der Waals surface area contributed by atoms with Gasteiger partial charge in [0.05, 0.1) is 26.4 Å². The highest BCUT2D eigenvalue weighted by Crippen LogP contribution is 2.20. The van der Waals surface area contributed by atoms with Crippen molar-refractivity contribution in [2.75, 3.05) is 55.5 Å². The Hall–Kier alpha value is -4.81. The number of amides is 1. The molecule has 4 aromatic rings. The first kappa shape index (κ1) is 28.2. The maximum Gasteiger partial charge on any atom is 0.251 e. The van der Waals surface area contributed by atoms with E-state index in [9.17, 15) is 14.3 Å². The largest absolute Gasteiger partial charge is 0.508 e. The molecule has 0 spiro atoms. The van der Waals surface area contributed by atoms with Crippen LogP contribution in [-0.4, -0.2) is 65.5 Å². The Morgan fingerprint density at radius 3 is 2.02 bits per heavy atom. The van der Waals surface area contributed by atoms with E-state index in [0.29, 0.717) is 63.0 Å². The van der Waals surface area contributed by atoms with Gasteiger partial charge in [-0.15, -0.1) is 0 Å². The zero-order valence-corrected chi connectivity index (χ0v) is 21.6. The number of nitrogens with one attached hydrogen (secondary N) is 4. The first-order valence-electron chi connectivity index (χ1n) is 12.6. The summed E-state index contributed by atoms with van der Waals surface area (Å²) in [4.78, 5) is 25.2. The Morgan fingerprint density at radius 1 is 0.725 bits per heavy atom. The molecule has 0 saturated carbocycles. The lowest BCUT2D eigenvalue weighted by Crippen LogP contribution is -2.27. The number of hydrogen-bond acceptors (Lipinski definition) is 10. The Morgan fingerprint density at radius 2 is 1.35 bits per heavy atom. The van der Waals surface area contributed by atoms with Gasteiger partial charge in [-0.25, -0.2) is 4.39 Å². The lowest BCUT2D eigenvalue weighted by Gasteiger charge is -2.12. The molecule has 40 heavy (non-hydrogen) atoms. The van der Waals surface area contributed by atoms with Gasteiger partial charge in [0.2, 0.25) is 17.8 Å². The smallest absolute Gasteiger partial charge is 0.251 e. The minimum Gasteiger partial charge on any atom is -0.508 e. The lowest BCUT2D eigenvalue weighted by atomic mass is 10.2. The number of carbonyl (C=O) groups excluding carboxylic acids is 1. The van der Waals surface area contributed by atoms with Crippen molar-refractivity contribution in [3.05, 3.63) is 90.2 Å². The van der Waals surface area contributed by atoms with Crippen molar-refractivity contribution in [2.24, 2.45) is 0 Å². The summed E-state index contributed by atoms with van der Waals surface area (Å²) in [5.41, 5.74) is 1.80. The second kappa shape index (κ2) is 15.0. The van der Waals surface area contributed by atoms with Crippen molar-refractivity contribution < 1.29 is 23.8 Å². The third-order valence-corrected chi connectivity index (χ3v) is 5.31. The second-order valence-corrected chi connectivity index (χ2v) is 8.39. The summed E-state index contributed by atoms with van der Waals surface area (Å²) < 4.78 is 24.2. The molecule has 11 nitrogen and oxygen atoms in total. The van der Waals surface area contributed by atoms with Crippen LogP contribution in [0.4, 0.5) is 33.6 Å². The van der Waals surface area contributed by atoms with Crippen LogP contribution in [0.1, 0.15) is 10.4 Å². The summed E-state index contributed by atoms with van der Waals surface area (Å²) in [5, 5.41) is 21.6. The number of hydrogen-bond donors (Lipinski definition) is 5. The summed E-state index contributed by atoms with van der Waals surface area (Å²) in [5.74, 6) is 0.370. The van der Waals surface area contributed by atoms with E-state index in [1.54, 1.807) is 30.3 Å². The molecular formula is C28H30FN7O4. The van der Waals surface area contributed by atoms with E-state index in [0.717, 1.165) is 5.69 Å². The Labute approximate surface area is 230 Å². The second-order valence-electron chi connectivity index (χ2n) is 8.39. The van der Waals surface area contributed by atoms with Crippen LogP contribution in [0.3, 0.4) is 0 Å². The van der Waals surface area contributed by atoms with Crippen LogP contribution in [0.15, 0.2) is 78.9 Å². The number of carbonyl (C=O) groups is 1. The number of rotatable bonds is 15. The SMILES string of the molecule is O=C(NCCOCCOCCNc1nc(Nc2ccccc2)nc(Nc2ccc(O)cc2)n1)c1cccc(F)c1. The molecule has 3 aromatic carbocycles. The quantitative estimate of drug-likeness (QED) is 0.109. The molecule has 1 amide bonds. The van der Waals surface area contributed by atoms with Crippen LogP contribution in [0.2, 0.25) is 0 Å². The van der Waals surface area contributed by atoms with Crippen LogP contribution < -0.4 is 21.3 Å². The number of anilines is 5. The van der Waals surface area contributed by atoms with Gasteiger partial charge in [-0.3, -0.25) is 4.79 Å². The Balaban J connectivity index is 1.18. The van der Waals surface area contributed by atoms with Crippen molar-refractivity contribution in [3.8, 4) is 5.75 Å². The number of aromatic nitrogens is 3. The summed E-state index contributed by atoms with van der Waals surface area (Å²) in [6, 6.07) is 21.6. The molecule has 4 rings (SSSR count). The normalized spacial score (nSPS) is 10.6. The van der Waals surface area contributed by atoms with E-state index in [2.05, 4.69) is 36.2 Å². The average molecular weight is 548 g/mol. The molecule has 1 aromatic heterocycles.